The summed E-state index contributed by atoms with van der Waals surface area (Å²) in [4.78, 5) is 17.8. The Balaban J connectivity index is 1.97. The molecule has 86 valence electrons. The zero-order valence-corrected chi connectivity index (χ0v) is 10.0. The number of thioether (sulfide) groups is 1. The second-order valence-electron chi connectivity index (χ2n) is 3.78. The fourth-order valence-electron chi connectivity index (χ4n) is 1.66. The molecule has 1 aliphatic heterocycles. The van der Waals surface area contributed by atoms with Crippen LogP contribution in [0.4, 0.5) is 10.5 Å². The normalized spacial score (nSPS) is 20.6. The number of nitrogens with one attached hydrogen (secondary N) is 1. The van der Waals surface area contributed by atoms with Gasteiger partial charge in [-0.05, 0) is 19.1 Å². The minimum atomic E-state index is -0.0148. The van der Waals surface area contributed by atoms with Gasteiger partial charge in [-0.25, -0.2) is 4.79 Å². The van der Waals surface area contributed by atoms with Gasteiger partial charge >= 0.3 is 6.03 Å². The van der Waals surface area contributed by atoms with Gasteiger partial charge in [-0.2, -0.15) is 11.8 Å². The molecule has 1 aromatic heterocycles. The predicted molar refractivity (Wildman–Crippen MR) is 66.7 cm³/mol. The molecule has 4 nitrogen and oxygen atoms in total. The van der Waals surface area contributed by atoms with Crippen LogP contribution in [0.5, 0.6) is 0 Å². The average molecular weight is 237 g/mol. The van der Waals surface area contributed by atoms with Crippen LogP contribution in [-0.4, -0.2) is 40.0 Å². The van der Waals surface area contributed by atoms with E-state index in [4.69, 9.17) is 0 Å². The first-order valence-electron chi connectivity index (χ1n) is 5.33. The van der Waals surface area contributed by atoms with E-state index in [1.165, 1.54) is 0 Å². The van der Waals surface area contributed by atoms with E-state index in [0.29, 0.717) is 6.04 Å². The molecule has 0 aliphatic carbocycles. The SMILES string of the molecule is CC1CSCCN1C(=O)Nc1ccncc1. The van der Waals surface area contributed by atoms with E-state index in [-0.39, 0.29) is 6.03 Å². The van der Waals surface area contributed by atoms with Crippen molar-refractivity contribution in [3.63, 3.8) is 0 Å². The number of urea groups is 1. The maximum Gasteiger partial charge on any atom is 0.322 e. The van der Waals surface area contributed by atoms with Gasteiger partial charge in [0.2, 0.25) is 0 Å². The quantitative estimate of drug-likeness (QED) is 0.813. The second-order valence-corrected chi connectivity index (χ2v) is 4.93. The van der Waals surface area contributed by atoms with Crippen molar-refractivity contribution in [1.82, 2.24) is 9.88 Å². The van der Waals surface area contributed by atoms with E-state index >= 15 is 0 Å². The summed E-state index contributed by atoms with van der Waals surface area (Å²) in [5, 5.41) is 2.88. The smallest absolute Gasteiger partial charge is 0.320 e. The molecule has 0 saturated carbocycles. The fourth-order valence-corrected chi connectivity index (χ4v) is 2.67. The Hall–Kier alpha value is -1.23. The third kappa shape index (κ3) is 2.66. The standard InChI is InChI=1S/C11H15N3OS/c1-9-8-16-7-6-14(9)11(15)13-10-2-4-12-5-3-10/h2-5,9H,6-8H2,1H3,(H,12,13,15). The molecule has 1 unspecified atom stereocenters. The third-order valence-corrected chi connectivity index (χ3v) is 3.75. The van der Waals surface area contributed by atoms with E-state index in [1.807, 2.05) is 16.7 Å². The van der Waals surface area contributed by atoms with E-state index in [2.05, 4.69) is 17.2 Å². The number of anilines is 1. The monoisotopic (exact) mass is 237 g/mol. The van der Waals surface area contributed by atoms with Crippen molar-refractivity contribution in [2.24, 2.45) is 0 Å². The van der Waals surface area contributed by atoms with Gasteiger partial charge in [0.05, 0.1) is 0 Å². The summed E-state index contributed by atoms with van der Waals surface area (Å²) in [7, 11) is 0. The number of aromatic nitrogens is 1. The Morgan fingerprint density at radius 2 is 2.31 bits per heavy atom. The Morgan fingerprint density at radius 1 is 1.56 bits per heavy atom. The molecule has 1 atom stereocenters. The lowest BCUT2D eigenvalue weighted by molar-refractivity contribution is 0.200. The molecule has 0 bridgehead atoms. The van der Waals surface area contributed by atoms with Crippen LogP contribution < -0.4 is 5.32 Å². The summed E-state index contributed by atoms with van der Waals surface area (Å²) >= 11 is 1.90. The number of rotatable bonds is 1. The van der Waals surface area contributed by atoms with Crippen LogP contribution in [0.3, 0.4) is 0 Å². The lowest BCUT2D eigenvalue weighted by atomic mass is 10.3. The van der Waals surface area contributed by atoms with E-state index in [1.54, 1.807) is 24.5 Å². The predicted octanol–water partition coefficient (Wildman–Crippen LogP) is 2.05. The van der Waals surface area contributed by atoms with Crippen LogP contribution in [0.1, 0.15) is 6.92 Å². The minimum absolute atomic E-state index is 0.0148. The molecular weight excluding hydrogens is 222 g/mol. The highest BCUT2D eigenvalue weighted by atomic mass is 32.2. The summed E-state index contributed by atoms with van der Waals surface area (Å²) in [6, 6.07) is 3.88. The molecule has 2 amide bonds. The van der Waals surface area contributed by atoms with Crippen LogP contribution in [0.15, 0.2) is 24.5 Å². The Bertz CT molecular complexity index is 358. The molecule has 1 aromatic rings. The van der Waals surface area contributed by atoms with Crippen molar-refractivity contribution >= 4 is 23.5 Å². The molecule has 1 saturated heterocycles. The first kappa shape index (κ1) is 11.3. The zero-order valence-electron chi connectivity index (χ0n) is 9.22. The largest absolute Gasteiger partial charge is 0.322 e. The molecule has 5 heteroatoms. The summed E-state index contributed by atoms with van der Waals surface area (Å²) in [5.41, 5.74) is 0.797. The number of nitrogens with zero attached hydrogens (tertiary/aromatic N) is 2. The van der Waals surface area contributed by atoms with Gasteiger partial charge in [-0.3, -0.25) is 4.98 Å². The average Bonchev–Trinajstić information content (AvgIpc) is 2.31. The van der Waals surface area contributed by atoms with Crippen LogP contribution in [0.25, 0.3) is 0 Å². The topological polar surface area (TPSA) is 45.2 Å². The molecule has 1 fully saturated rings. The Morgan fingerprint density at radius 3 is 3.00 bits per heavy atom. The number of pyridine rings is 1. The van der Waals surface area contributed by atoms with Crippen molar-refractivity contribution in [2.45, 2.75) is 13.0 Å². The lowest BCUT2D eigenvalue weighted by Crippen LogP contribution is -2.46. The molecular formula is C11H15N3OS. The molecule has 2 rings (SSSR count). The molecule has 0 radical (unpaired) electrons. The second kappa shape index (κ2) is 5.21. The number of amides is 2. The maximum absolute atomic E-state index is 12.0. The molecule has 0 spiro atoms. The van der Waals surface area contributed by atoms with Crippen molar-refractivity contribution in [2.75, 3.05) is 23.4 Å². The number of hydrogen-bond donors (Lipinski definition) is 1. The van der Waals surface area contributed by atoms with Crippen molar-refractivity contribution < 1.29 is 4.79 Å². The first-order chi connectivity index (χ1) is 7.77. The summed E-state index contributed by atoms with van der Waals surface area (Å²) in [5.74, 6) is 2.04. The van der Waals surface area contributed by atoms with Crippen LogP contribution in [0.2, 0.25) is 0 Å². The zero-order chi connectivity index (χ0) is 11.4. The highest BCUT2D eigenvalue weighted by molar-refractivity contribution is 7.99. The van der Waals surface area contributed by atoms with Crippen LogP contribution >= 0.6 is 11.8 Å². The highest BCUT2D eigenvalue weighted by Gasteiger charge is 2.23. The lowest BCUT2D eigenvalue weighted by Gasteiger charge is -2.32. The molecule has 16 heavy (non-hydrogen) atoms. The van der Waals surface area contributed by atoms with Gasteiger partial charge in [0, 0.05) is 42.2 Å². The molecule has 0 aromatic carbocycles. The number of carbonyl (C=O) groups is 1. The first-order valence-corrected chi connectivity index (χ1v) is 6.48. The van der Waals surface area contributed by atoms with Crippen LogP contribution in [0, 0.1) is 0 Å². The molecule has 1 aliphatic rings. The van der Waals surface area contributed by atoms with Gasteiger partial charge in [0.15, 0.2) is 0 Å². The fraction of sp³-hybridized carbons (Fsp3) is 0.455. The van der Waals surface area contributed by atoms with Crippen molar-refractivity contribution in [3.8, 4) is 0 Å². The summed E-state index contributed by atoms with van der Waals surface area (Å²) in [6.07, 6.45) is 3.34. The van der Waals surface area contributed by atoms with E-state index in [0.717, 1.165) is 23.7 Å². The summed E-state index contributed by atoms with van der Waals surface area (Å²) < 4.78 is 0. The van der Waals surface area contributed by atoms with E-state index in [9.17, 15) is 4.79 Å². The van der Waals surface area contributed by atoms with Gasteiger partial charge < -0.3 is 10.2 Å². The Kier molecular flexibility index (Phi) is 3.66. The number of hydrogen-bond acceptors (Lipinski definition) is 3. The van der Waals surface area contributed by atoms with Crippen LogP contribution in [-0.2, 0) is 0 Å². The third-order valence-electron chi connectivity index (χ3n) is 2.56. The van der Waals surface area contributed by atoms with Gasteiger partial charge in [-0.1, -0.05) is 0 Å². The van der Waals surface area contributed by atoms with Crippen molar-refractivity contribution in [3.05, 3.63) is 24.5 Å². The Labute approximate surface area is 99.4 Å². The van der Waals surface area contributed by atoms with E-state index < -0.39 is 0 Å². The maximum atomic E-state index is 12.0. The minimum Gasteiger partial charge on any atom is -0.320 e. The van der Waals surface area contributed by atoms with Gasteiger partial charge in [-0.15, -0.1) is 0 Å². The molecule has 1 N–H and O–H groups in total. The highest BCUT2D eigenvalue weighted by Crippen LogP contribution is 2.17. The van der Waals surface area contributed by atoms with Gasteiger partial charge in [0.25, 0.3) is 0 Å². The van der Waals surface area contributed by atoms with Crippen molar-refractivity contribution in [1.29, 1.82) is 0 Å². The summed E-state index contributed by atoms with van der Waals surface area (Å²) in [6.45, 7) is 2.90. The number of carbonyl (C=O) groups excluding carboxylic acids is 1. The van der Waals surface area contributed by atoms with Gasteiger partial charge in [0.1, 0.15) is 0 Å². The molecule has 2 heterocycles.